The number of hydrogen-bond acceptors (Lipinski definition) is 4. The number of carboxylic acids is 1. The molecule has 6 nitrogen and oxygen atoms in total. The van der Waals surface area contributed by atoms with E-state index in [-0.39, 0.29) is 16.7 Å². The first kappa shape index (κ1) is 19.6. The summed E-state index contributed by atoms with van der Waals surface area (Å²) in [5.74, 6) is -0.828. The lowest BCUT2D eigenvalue weighted by Gasteiger charge is -2.09. The second kappa shape index (κ2) is 8.11. The summed E-state index contributed by atoms with van der Waals surface area (Å²) in [6.45, 7) is 7.31. The Hall–Kier alpha value is -1.44. The van der Waals surface area contributed by atoms with Gasteiger partial charge in [0.2, 0.25) is 0 Å². The molecule has 0 bridgehead atoms. The summed E-state index contributed by atoms with van der Waals surface area (Å²) in [6, 6.07) is 5.74. The molecule has 7 heteroatoms. The molecule has 0 spiro atoms. The van der Waals surface area contributed by atoms with Gasteiger partial charge in [0.15, 0.2) is 0 Å². The van der Waals surface area contributed by atoms with Gasteiger partial charge in [-0.3, -0.25) is 9.35 Å². The van der Waals surface area contributed by atoms with Gasteiger partial charge in [-0.05, 0) is 23.5 Å². The molecule has 1 aromatic carbocycles. The molecule has 0 aliphatic carbocycles. The lowest BCUT2D eigenvalue weighted by Crippen LogP contribution is -2.34. The SMILES string of the molecule is CC(C)C(N)C(=O)O.CC(C)c1ccccc1S(=O)(=O)O. The molecular weight excluding hydrogens is 294 g/mol. The highest BCUT2D eigenvalue weighted by atomic mass is 32.2. The van der Waals surface area contributed by atoms with Crippen LogP contribution in [0.5, 0.6) is 0 Å². The highest BCUT2D eigenvalue weighted by molar-refractivity contribution is 7.85. The Kier molecular flexibility index (Phi) is 7.56. The minimum atomic E-state index is -4.08. The summed E-state index contributed by atoms with van der Waals surface area (Å²) in [4.78, 5) is 10.0. The van der Waals surface area contributed by atoms with Gasteiger partial charge in [0.1, 0.15) is 6.04 Å². The van der Waals surface area contributed by atoms with Crippen molar-refractivity contribution >= 4 is 16.1 Å². The summed E-state index contributed by atoms with van der Waals surface area (Å²) in [5, 5.41) is 8.23. The summed E-state index contributed by atoms with van der Waals surface area (Å²) < 4.78 is 30.7. The van der Waals surface area contributed by atoms with Crippen LogP contribution >= 0.6 is 0 Å². The van der Waals surface area contributed by atoms with Crippen LogP contribution in [-0.4, -0.2) is 30.1 Å². The zero-order valence-electron chi connectivity index (χ0n) is 12.6. The van der Waals surface area contributed by atoms with E-state index in [0.29, 0.717) is 5.56 Å². The predicted octanol–water partition coefficient (Wildman–Crippen LogP) is 2.11. The molecule has 21 heavy (non-hydrogen) atoms. The topological polar surface area (TPSA) is 118 Å². The normalized spacial score (nSPS) is 12.8. The summed E-state index contributed by atoms with van der Waals surface area (Å²) in [5.41, 5.74) is 5.80. The standard InChI is InChI=1S/C9H12O3S.C5H11NO2/c1-7(2)8-5-3-4-6-9(8)13(10,11)12;1-3(2)4(6)5(7)8/h3-7H,1-2H3,(H,10,11,12);3-4H,6H2,1-2H3,(H,7,8). The maximum absolute atomic E-state index is 10.9. The molecule has 0 saturated heterocycles. The molecule has 1 atom stereocenters. The van der Waals surface area contributed by atoms with Crippen LogP contribution in [0.25, 0.3) is 0 Å². The van der Waals surface area contributed by atoms with Crippen LogP contribution in [0.1, 0.15) is 39.2 Å². The quantitative estimate of drug-likeness (QED) is 0.732. The van der Waals surface area contributed by atoms with Gasteiger partial charge < -0.3 is 10.8 Å². The Balaban J connectivity index is 0.000000433. The van der Waals surface area contributed by atoms with Crippen molar-refractivity contribution in [1.82, 2.24) is 0 Å². The molecule has 0 fully saturated rings. The fourth-order valence-corrected chi connectivity index (χ4v) is 2.33. The van der Waals surface area contributed by atoms with Crippen LogP contribution in [0, 0.1) is 5.92 Å². The number of benzene rings is 1. The van der Waals surface area contributed by atoms with Gasteiger partial charge >= 0.3 is 5.97 Å². The zero-order chi connectivity index (χ0) is 16.8. The summed E-state index contributed by atoms with van der Waals surface area (Å²) >= 11 is 0. The molecule has 1 rings (SSSR count). The molecule has 4 N–H and O–H groups in total. The second-order valence-corrected chi connectivity index (χ2v) is 6.67. The third-order valence-electron chi connectivity index (χ3n) is 2.82. The molecule has 1 unspecified atom stereocenters. The molecule has 0 aliphatic heterocycles. The highest BCUT2D eigenvalue weighted by Gasteiger charge is 2.16. The van der Waals surface area contributed by atoms with Gasteiger partial charge in [0, 0.05) is 0 Å². The largest absolute Gasteiger partial charge is 0.480 e. The Labute approximate surface area is 125 Å². The van der Waals surface area contributed by atoms with Gasteiger partial charge in [-0.2, -0.15) is 8.42 Å². The lowest BCUT2D eigenvalue weighted by atomic mass is 10.0. The molecule has 0 aliphatic rings. The van der Waals surface area contributed by atoms with Crippen LogP contribution in [-0.2, 0) is 14.9 Å². The number of rotatable bonds is 4. The van der Waals surface area contributed by atoms with Crippen molar-refractivity contribution in [2.24, 2.45) is 11.7 Å². The van der Waals surface area contributed by atoms with E-state index in [0.717, 1.165) is 0 Å². The van der Waals surface area contributed by atoms with E-state index in [9.17, 15) is 13.2 Å². The molecule has 0 radical (unpaired) electrons. The fourth-order valence-electron chi connectivity index (χ4n) is 1.48. The molecule has 0 heterocycles. The van der Waals surface area contributed by atoms with Crippen molar-refractivity contribution in [1.29, 1.82) is 0 Å². The van der Waals surface area contributed by atoms with E-state index in [1.807, 2.05) is 13.8 Å². The highest BCUT2D eigenvalue weighted by Crippen LogP contribution is 2.22. The molecular formula is C14H23NO5S. The van der Waals surface area contributed by atoms with Crippen LogP contribution in [0.15, 0.2) is 29.2 Å². The maximum Gasteiger partial charge on any atom is 0.320 e. The van der Waals surface area contributed by atoms with E-state index in [4.69, 9.17) is 15.4 Å². The fraction of sp³-hybridized carbons (Fsp3) is 0.500. The minimum Gasteiger partial charge on any atom is -0.480 e. The van der Waals surface area contributed by atoms with Gasteiger partial charge in [-0.25, -0.2) is 0 Å². The van der Waals surface area contributed by atoms with Crippen molar-refractivity contribution in [3.8, 4) is 0 Å². The Morgan fingerprint density at radius 1 is 1.14 bits per heavy atom. The zero-order valence-corrected chi connectivity index (χ0v) is 13.5. The minimum absolute atomic E-state index is 0.00463. The van der Waals surface area contributed by atoms with Crippen molar-refractivity contribution in [2.75, 3.05) is 0 Å². The van der Waals surface area contributed by atoms with E-state index < -0.39 is 22.1 Å². The van der Waals surface area contributed by atoms with Gasteiger partial charge in [0.05, 0.1) is 4.90 Å². The Bertz CT molecular complexity index is 566. The third-order valence-corrected chi connectivity index (χ3v) is 3.75. The number of aliphatic carboxylic acids is 1. The number of carboxylic acid groups (broad SMARTS) is 1. The first-order chi connectivity index (χ1) is 9.48. The molecule has 120 valence electrons. The van der Waals surface area contributed by atoms with E-state index >= 15 is 0 Å². The number of carbonyl (C=O) groups is 1. The average molecular weight is 317 g/mol. The third kappa shape index (κ3) is 6.70. The van der Waals surface area contributed by atoms with E-state index in [1.54, 1.807) is 32.0 Å². The average Bonchev–Trinajstić information content (AvgIpc) is 2.37. The summed E-state index contributed by atoms with van der Waals surface area (Å²) in [7, 11) is -4.08. The van der Waals surface area contributed by atoms with Crippen molar-refractivity contribution in [3.63, 3.8) is 0 Å². The van der Waals surface area contributed by atoms with Crippen LogP contribution in [0.3, 0.4) is 0 Å². The van der Waals surface area contributed by atoms with Gasteiger partial charge in [-0.15, -0.1) is 0 Å². The van der Waals surface area contributed by atoms with E-state index in [1.165, 1.54) is 6.07 Å². The molecule has 0 saturated carbocycles. The van der Waals surface area contributed by atoms with Crippen molar-refractivity contribution < 1.29 is 22.9 Å². The Morgan fingerprint density at radius 2 is 1.62 bits per heavy atom. The molecule has 0 aromatic heterocycles. The number of hydrogen-bond donors (Lipinski definition) is 3. The first-order valence-corrected chi connectivity index (χ1v) is 7.97. The summed E-state index contributed by atoms with van der Waals surface area (Å²) in [6.07, 6.45) is 0. The first-order valence-electron chi connectivity index (χ1n) is 6.53. The lowest BCUT2D eigenvalue weighted by molar-refractivity contribution is -0.139. The van der Waals surface area contributed by atoms with Gasteiger partial charge in [-0.1, -0.05) is 45.9 Å². The maximum atomic E-state index is 10.9. The smallest absolute Gasteiger partial charge is 0.320 e. The monoisotopic (exact) mass is 317 g/mol. The van der Waals surface area contributed by atoms with Crippen molar-refractivity contribution in [3.05, 3.63) is 29.8 Å². The van der Waals surface area contributed by atoms with Crippen LogP contribution in [0.4, 0.5) is 0 Å². The molecule has 0 amide bonds. The Morgan fingerprint density at radius 3 is 1.86 bits per heavy atom. The van der Waals surface area contributed by atoms with Crippen LogP contribution < -0.4 is 5.73 Å². The predicted molar refractivity (Wildman–Crippen MR) is 80.8 cm³/mol. The molecule has 1 aromatic rings. The number of nitrogens with two attached hydrogens (primary N) is 1. The van der Waals surface area contributed by atoms with Gasteiger partial charge in [0.25, 0.3) is 10.1 Å². The van der Waals surface area contributed by atoms with E-state index in [2.05, 4.69) is 0 Å². The van der Waals surface area contributed by atoms with Crippen LogP contribution in [0.2, 0.25) is 0 Å². The van der Waals surface area contributed by atoms with Crippen molar-refractivity contribution in [2.45, 2.75) is 44.6 Å². The second-order valence-electron chi connectivity index (χ2n) is 5.28.